The van der Waals surface area contributed by atoms with Gasteiger partial charge in [-0.25, -0.2) is 14.8 Å². The van der Waals surface area contributed by atoms with Crippen molar-refractivity contribution in [3.05, 3.63) is 31.5 Å². The van der Waals surface area contributed by atoms with Gasteiger partial charge in [0, 0.05) is 10.3 Å². The number of thiazole rings is 2. The second-order valence-corrected chi connectivity index (χ2v) is 9.86. The molecule has 1 saturated heterocycles. The maximum Gasteiger partial charge on any atom is 0.353 e. The van der Waals surface area contributed by atoms with Crippen LogP contribution in [0.4, 0.5) is 5.13 Å². The number of nitrogens with two attached hydrogens (primary N) is 1. The molecular formula is C16H13ClN6O5S3. The van der Waals surface area contributed by atoms with Crippen LogP contribution in [0, 0.1) is 0 Å². The van der Waals surface area contributed by atoms with Gasteiger partial charge in [0.1, 0.15) is 26.8 Å². The number of amides is 2. The van der Waals surface area contributed by atoms with Gasteiger partial charge < -0.3 is 21.4 Å². The fraction of sp³-hybridized carbons (Fsp3) is 0.250. The number of oxime groups is 1. The molecule has 2 aromatic heterocycles. The number of carboxylic acid groups (broad SMARTS) is 1. The van der Waals surface area contributed by atoms with Crippen molar-refractivity contribution < 1.29 is 24.7 Å². The van der Waals surface area contributed by atoms with E-state index in [0.717, 1.165) is 11.3 Å². The molecule has 2 unspecified atom stereocenters. The van der Waals surface area contributed by atoms with E-state index < -0.39 is 35.6 Å². The lowest BCUT2D eigenvalue weighted by atomic mass is 9.86. The molecule has 2 aromatic rings. The number of hydrogen-bond donors (Lipinski definition) is 4. The van der Waals surface area contributed by atoms with Gasteiger partial charge in [0.25, 0.3) is 11.8 Å². The van der Waals surface area contributed by atoms with E-state index in [2.05, 4.69) is 20.4 Å². The Hall–Kier alpha value is -2.68. The number of nitrogens with one attached hydrogen (secondary N) is 1. The first-order valence-electron chi connectivity index (χ1n) is 8.62. The van der Waals surface area contributed by atoms with Crippen LogP contribution in [-0.2, 0) is 14.4 Å². The van der Waals surface area contributed by atoms with Crippen molar-refractivity contribution >= 4 is 74.7 Å². The van der Waals surface area contributed by atoms with E-state index in [9.17, 15) is 24.7 Å². The number of aliphatic carboxylic acids is 1. The summed E-state index contributed by atoms with van der Waals surface area (Å²) < 4.78 is 0.0551. The quantitative estimate of drug-likeness (QED) is 0.199. The smallest absolute Gasteiger partial charge is 0.353 e. The molecule has 0 aromatic carbocycles. The molecule has 2 aliphatic rings. The third-order valence-corrected chi connectivity index (χ3v) is 7.56. The highest BCUT2D eigenvalue weighted by atomic mass is 35.5. The van der Waals surface area contributed by atoms with Crippen molar-refractivity contribution in [3.63, 3.8) is 0 Å². The van der Waals surface area contributed by atoms with Crippen molar-refractivity contribution in [1.82, 2.24) is 20.2 Å². The predicted octanol–water partition coefficient (Wildman–Crippen LogP) is 1.59. The van der Waals surface area contributed by atoms with Gasteiger partial charge in [-0.2, -0.15) is 0 Å². The number of carbonyl (C=O) groups excluding carboxylic acids is 2. The van der Waals surface area contributed by atoms with Gasteiger partial charge in [0.2, 0.25) is 0 Å². The van der Waals surface area contributed by atoms with Crippen LogP contribution in [0.1, 0.15) is 18.5 Å². The molecule has 0 spiro atoms. The minimum absolute atomic E-state index is 0.0551. The molecule has 31 heavy (non-hydrogen) atoms. The summed E-state index contributed by atoms with van der Waals surface area (Å²) in [5.74, 6) is -2.69. The number of rotatable bonds is 6. The van der Waals surface area contributed by atoms with Gasteiger partial charge >= 0.3 is 5.97 Å². The van der Waals surface area contributed by atoms with Gasteiger partial charge in [-0.1, -0.05) is 39.9 Å². The number of nitrogen functional groups attached to an aromatic ring is 1. The second kappa shape index (κ2) is 8.45. The van der Waals surface area contributed by atoms with Crippen LogP contribution >= 0.6 is 46.0 Å². The number of halogens is 1. The number of anilines is 1. The monoisotopic (exact) mass is 500 g/mol. The first kappa shape index (κ1) is 21.5. The number of nitrogens with zero attached hydrogens (tertiary/aromatic N) is 4. The van der Waals surface area contributed by atoms with Gasteiger partial charge in [0.15, 0.2) is 10.8 Å². The van der Waals surface area contributed by atoms with Crippen LogP contribution in [0.2, 0.25) is 4.34 Å². The normalized spacial score (nSPS) is 21.0. The van der Waals surface area contributed by atoms with E-state index in [1.807, 2.05) is 0 Å². The number of β-lactam (4-membered cyclic amide) rings is 1. The highest BCUT2D eigenvalue weighted by molar-refractivity contribution is 8.03. The summed E-state index contributed by atoms with van der Waals surface area (Å²) >= 11 is 9.45. The van der Waals surface area contributed by atoms with Crippen LogP contribution in [-0.4, -0.2) is 60.8 Å². The lowest BCUT2D eigenvalue weighted by Gasteiger charge is -2.50. The summed E-state index contributed by atoms with van der Waals surface area (Å²) in [4.78, 5) is 46.9. The van der Waals surface area contributed by atoms with Crippen molar-refractivity contribution in [2.24, 2.45) is 5.16 Å². The largest absolute Gasteiger partial charge is 0.477 e. The molecule has 0 saturated carbocycles. The first-order chi connectivity index (χ1) is 14.8. The average molecular weight is 501 g/mol. The summed E-state index contributed by atoms with van der Waals surface area (Å²) in [5.41, 5.74) is 6.48. The third-order valence-electron chi connectivity index (χ3n) is 4.66. The van der Waals surface area contributed by atoms with Gasteiger partial charge in [-0.15, -0.1) is 11.3 Å². The molecule has 0 aliphatic carbocycles. The Kier molecular flexibility index (Phi) is 5.88. The zero-order valence-electron chi connectivity index (χ0n) is 15.3. The molecule has 0 bridgehead atoms. The zero-order valence-corrected chi connectivity index (χ0v) is 18.5. The minimum atomic E-state index is -1.23. The van der Waals surface area contributed by atoms with E-state index in [-0.39, 0.29) is 20.9 Å². The Morgan fingerprint density at radius 2 is 2.23 bits per heavy atom. The molecule has 162 valence electrons. The van der Waals surface area contributed by atoms with Crippen molar-refractivity contribution in [3.8, 4) is 0 Å². The molecular weight excluding hydrogens is 488 g/mol. The number of hydrogen-bond acceptors (Lipinski definition) is 11. The standard InChI is InChI=1S/C16H13ClN6O5S3/c17-12-9(21-16(18)31-12)10(22-28)13(24)20-8-5-1-2-6(30-7-3-29-4-19-7)11(15(26)27)23(5)14(8)25/h3-5,8,28H,1-2H2,(H2,18,21)(H,20,24)(H,26,27)/b22-10-. The van der Waals surface area contributed by atoms with Crippen molar-refractivity contribution in [2.75, 3.05) is 5.73 Å². The van der Waals surface area contributed by atoms with Crippen LogP contribution in [0.3, 0.4) is 0 Å². The maximum atomic E-state index is 12.7. The highest BCUT2D eigenvalue weighted by Crippen LogP contribution is 2.43. The highest BCUT2D eigenvalue weighted by Gasteiger charge is 2.54. The molecule has 15 heteroatoms. The Morgan fingerprint density at radius 1 is 1.45 bits per heavy atom. The average Bonchev–Trinajstić information content (AvgIpc) is 3.35. The van der Waals surface area contributed by atoms with E-state index in [1.54, 1.807) is 10.9 Å². The molecule has 2 amide bonds. The number of carbonyl (C=O) groups is 3. The van der Waals surface area contributed by atoms with Crippen molar-refractivity contribution in [1.29, 1.82) is 0 Å². The molecule has 4 heterocycles. The number of fused-ring (bicyclic) bond motifs is 1. The van der Waals surface area contributed by atoms with Crippen molar-refractivity contribution in [2.45, 2.75) is 30.0 Å². The predicted molar refractivity (Wildman–Crippen MR) is 114 cm³/mol. The van der Waals surface area contributed by atoms with E-state index in [1.165, 1.54) is 28.0 Å². The Morgan fingerprint density at radius 3 is 2.81 bits per heavy atom. The zero-order chi connectivity index (χ0) is 22.3. The minimum Gasteiger partial charge on any atom is -0.477 e. The lowest BCUT2D eigenvalue weighted by Crippen LogP contribution is -2.72. The maximum absolute atomic E-state index is 12.7. The third kappa shape index (κ3) is 3.86. The summed E-state index contributed by atoms with van der Waals surface area (Å²) in [7, 11) is 0. The lowest BCUT2D eigenvalue weighted by molar-refractivity contribution is -0.155. The SMILES string of the molecule is Nc1nc(/C(=N/O)C(=O)NC2C(=O)N3C(C(=O)O)=C(Sc4cscn4)CCC23)c(Cl)s1. The van der Waals surface area contributed by atoms with Crippen LogP contribution in [0.15, 0.2) is 31.7 Å². The molecule has 11 nitrogen and oxygen atoms in total. The fourth-order valence-electron chi connectivity index (χ4n) is 3.38. The van der Waals surface area contributed by atoms with Crippen LogP contribution < -0.4 is 11.1 Å². The number of thioether (sulfide) groups is 1. The number of allylic oxidation sites excluding steroid dienone is 1. The fourth-order valence-corrected chi connectivity index (χ4v) is 6.01. The summed E-state index contributed by atoms with van der Waals surface area (Å²) in [6.07, 6.45) is 0.843. The molecule has 4 rings (SSSR count). The second-order valence-electron chi connectivity index (χ2n) is 6.39. The Labute approximate surface area is 191 Å². The van der Waals surface area contributed by atoms with E-state index in [4.69, 9.17) is 17.3 Å². The number of carboxylic acids is 1. The molecule has 2 atom stereocenters. The van der Waals surface area contributed by atoms with Crippen LogP contribution in [0.25, 0.3) is 0 Å². The molecule has 0 radical (unpaired) electrons. The number of aromatic nitrogens is 2. The van der Waals surface area contributed by atoms with Gasteiger partial charge in [-0.05, 0) is 12.8 Å². The topological polar surface area (TPSA) is 171 Å². The van der Waals surface area contributed by atoms with E-state index in [0.29, 0.717) is 22.8 Å². The Bertz CT molecular complexity index is 1130. The summed E-state index contributed by atoms with van der Waals surface area (Å²) in [6.45, 7) is 0. The molecule has 5 N–H and O–H groups in total. The molecule has 1 fully saturated rings. The van der Waals surface area contributed by atoms with Gasteiger partial charge in [0.05, 0.1) is 11.6 Å². The Balaban J connectivity index is 1.53. The van der Waals surface area contributed by atoms with Crippen LogP contribution in [0.5, 0.6) is 0 Å². The summed E-state index contributed by atoms with van der Waals surface area (Å²) in [6, 6.07) is -1.52. The first-order valence-corrected chi connectivity index (χ1v) is 11.6. The molecule has 2 aliphatic heterocycles. The summed E-state index contributed by atoms with van der Waals surface area (Å²) in [5, 5.41) is 26.9. The van der Waals surface area contributed by atoms with E-state index >= 15 is 0 Å². The van der Waals surface area contributed by atoms with Gasteiger partial charge in [-0.3, -0.25) is 14.5 Å².